The van der Waals surface area contributed by atoms with Crippen molar-refractivity contribution < 1.29 is 5.11 Å². The molecule has 0 saturated carbocycles. The normalized spacial score (nSPS) is 12.4. The Morgan fingerprint density at radius 2 is 1.84 bits per heavy atom. The van der Waals surface area contributed by atoms with Gasteiger partial charge in [-0.2, -0.15) is 9.61 Å². The summed E-state index contributed by atoms with van der Waals surface area (Å²) in [4.78, 5) is 8.95. The Hall–Kier alpha value is -3.06. The van der Waals surface area contributed by atoms with Gasteiger partial charge in [-0.25, -0.2) is 9.97 Å². The highest BCUT2D eigenvalue weighted by molar-refractivity contribution is 6.29. The smallest absolute Gasteiger partial charge is 0.272 e. The maximum Gasteiger partial charge on any atom is 0.272 e. The molecule has 25 heavy (non-hydrogen) atoms. The van der Waals surface area contributed by atoms with Crippen LogP contribution in [0.1, 0.15) is 22.6 Å². The van der Waals surface area contributed by atoms with Crippen LogP contribution in [0, 0.1) is 0 Å². The molecule has 3 heterocycles. The summed E-state index contributed by atoms with van der Waals surface area (Å²) in [6.45, 7) is 0. The third-order valence-electron chi connectivity index (χ3n) is 4.22. The quantitative estimate of drug-likeness (QED) is 0.492. The van der Waals surface area contributed by atoms with Gasteiger partial charge in [0.05, 0.1) is 11.4 Å². The molecule has 8 heteroatoms. The minimum absolute atomic E-state index is 0.233. The Bertz CT molecular complexity index is 1120. The molecule has 1 aromatic carbocycles. The lowest BCUT2D eigenvalue weighted by atomic mass is 10.1. The van der Waals surface area contributed by atoms with Crippen LogP contribution in [0.4, 0.5) is 0 Å². The molecule has 0 fully saturated rings. The molecule has 1 aliphatic rings. The van der Waals surface area contributed by atoms with Crippen molar-refractivity contribution in [2.24, 2.45) is 0 Å². The van der Waals surface area contributed by atoms with Gasteiger partial charge in [0.25, 0.3) is 5.78 Å². The van der Waals surface area contributed by atoms with E-state index in [4.69, 9.17) is 11.6 Å². The lowest BCUT2D eigenvalue weighted by Gasteiger charge is -2.02. The van der Waals surface area contributed by atoms with Crippen molar-refractivity contribution in [1.29, 1.82) is 0 Å². The molecule has 0 spiro atoms. The first-order chi connectivity index (χ1) is 12.2. The molecule has 0 saturated heterocycles. The van der Waals surface area contributed by atoms with Crippen molar-refractivity contribution in [1.82, 2.24) is 29.8 Å². The largest absolute Gasteiger partial charge is 0.508 e. The van der Waals surface area contributed by atoms with E-state index in [0.29, 0.717) is 35.3 Å². The van der Waals surface area contributed by atoms with Crippen LogP contribution in [-0.4, -0.2) is 34.9 Å². The fraction of sp³-hybridized carbons (Fsp3) is 0.118. The van der Waals surface area contributed by atoms with E-state index >= 15 is 0 Å². The van der Waals surface area contributed by atoms with E-state index in [0.717, 1.165) is 22.5 Å². The number of pyridine rings is 1. The first kappa shape index (κ1) is 14.3. The van der Waals surface area contributed by atoms with Gasteiger partial charge in [0, 0.05) is 12.8 Å². The molecule has 7 nitrogen and oxygen atoms in total. The SMILES string of the molecule is Oc1ccc(Cc2nnc3nc4c(nn23)Cc2ccc(Cl)nc2-4)cc1. The third-order valence-corrected chi connectivity index (χ3v) is 4.43. The second-order valence-corrected chi connectivity index (χ2v) is 6.28. The van der Waals surface area contributed by atoms with E-state index in [1.165, 1.54) is 0 Å². The van der Waals surface area contributed by atoms with E-state index in [-0.39, 0.29) is 5.75 Å². The van der Waals surface area contributed by atoms with Crippen LogP contribution < -0.4 is 0 Å². The van der Waals surface area contributed by atoms with Gasteiger partial charge in [0.1, 0.15) is 16.6 Å². The Kier molecular flexibility index (Phi) is 2.98. The molecule has 0 radical (unpaired) electrons. The molecule has 3 aromatic heterocycles. The summed E-state index contributed by atoms with van der Waals surface area (Å²) in [6, 6.07) is 10.7. The lowest BCUT2D eigenvalue weighted by Crippen LogP contribution is -2.05. The summed E-state index contributed by atoms with van der Waals surface area (Å²) in [6.07, 6.45) is 1.21. The van der Waals surface area contributed by atoms with Gasteiger partial charge in [0.15, 0.2) is 5.82 Å². The summed E-state index contributed by atoms with van der Waals surface area (Å²) in [5, 5.41) is 22.8. The van der Waals surface area contributed by atoms with Crippen molar-refractivity contribution in [3.05, 3.63) is 64.2 Å². The van der Waals surface area contributed by atoms with E-state index < -0.39 is 0 Å². The Morgan fingerprint density at radius 1 is 1.00 bits per heavy atom. The molecule has 0 amide bonds. The van der Waals surface area contributed by atoms with Crippen LogP contribution in [0.5, 0.6) is 5.75 Å². The molecule has 4 aromatic rings. The van der Waals surface area contributed by atoms with Crippen molar-refractivity contribution in [3.8, 4) is 17.1 Å². The summed E-state index contributed by atoms with van der Waals surface area (Å²) in [7, 11) is 0. The fourth-order valence-electron chi connectivity index (χ4n) is 3.01. The van der Waals surface area contributed by atoms with E-state index in [2.05, 4.69) is 25.3 Å². The Balaban J connectivity index is 1.59. The Morgan fingerprint density at radius 3 is 2.68 bits per heavy atom. The Labute approximate surface area is 147 Å². The molecule has 0 aliphatic heterocycles. The highest BCUT2D eigenvalue weighted by atomic mass is 35.5. The van der Waals surface area contributed by atoms with Gasteiger partial charge in [-0.1, -0.05) is 29.8 Å². The van der Waals surface area contributed by atoms with Crippen LogP contribution in [0.2, 0.25) is 5.15 Å². The number of aromatic hydroxyl groups is 1. The van der Waals surface area contributed by atoms with Crippen LogP contribution in [-0.2, 0) is 12.8 Å². The molecule has 122 valence electrons. The summed E-state index contributed by atoms with van der Waals surface area (Å²) >= 11 is 6.00. The van der Waals surface area contributed by atoms with Crippen LogP contribution in [0.15, 0.2) is 36.4 Å². The van der Waals surface area contributed by atoms with E-state index in [1.807, 2.05) is 18.2 Å². The van der Waals surface area contributed by atoms with Crippen molar-refractivity contribution in [2.45, 2.75) is 12.8 Å². The minimum atomic E-state index is 0.233. The zero-order chi connectivity index (χ0) is 17.0. The van der Waals surface area contributed by atoms with Gasteiger partial charge in [-0.3, -0.25) is 0 Å². The van der Waals surface area contributed by atoms with Crippen LogP contribution >= 0.6 is 11.6 Å². The number of aromatic nitrogens is 6. The summed E-state index contributed by atoms with van der Waals surface area (Å²) in [5.74, 6) is 1.36. The van der Waals surface area contributed by atoms with Crippen molar-refractivity contribution >= 4 is 17.4 Å². The number of phenols is 1. The number of fused-ring (bicyclic) bond motifs is 4. The maximum absolute atomic E-state index is 9.39. The van der Waals surface area contributed by atoms with Crippen LogP contribution in [0.3, 0.4) is 0 Å². The highest BCUT2D eigenvalue weighted by Gasteiger charge is 2.25. The number of rotatable bonds is 2. The van der Waals surface area contributed by atoms with Gasteiger partial charge in [-0.05, 0) is 29.3 Å². The van der Waals surface area contributed by atoms with Crippen LogP contribution in [0.25, 0.3) is 17.2 Å². The zero-order valence-corrected chi connectivity index (χ0v) is 13.6. The zero-order valence-electron chi connectivity index (χ0n) is 12.9. The maximum atomic E-state index is 9.39. The van der Waals surface area contributed by atoms with Crippen molar-refractivity contribution in [2.75, 3.05) is 0 Å². The topological polar surface area (TPSA) is 89.1 Å². The number of benzene rings is 1. The highest BCUT2D eigenvalue weighted by Crippen LogP contribution is 2.33. The fourth-order valence-corrected chi connectivity index (χ4v) is 3.16. The standard InChI is InChI=1S/C17H11ClN6O/c18-13-6-3-10-8-12-16(15(10)19-13)20-17-22-21-14(24(17)23-12)7-9-1-4-11(25)5-2-9/h1-6,25H,7-8H2. The molecule has 0 bridgehead atoms. The predicted molar refractivity (Wildman–Crippen MR) is 90.5 cm³/mol. The number of phenolic OH excluding ortho intramolecular Hbond substituents is 1. The van der Waals surface area contributed by atoms with Gasteiger partial charge in [-0.15, -0.1) is 10.2 Å². The lowest BCUT2D eigenvalue weighted by molar-refractivity contribution is 0.475. The predicted octanol–water partition coefficient (Wildman–Crippen LogP) is 2.44. The molecule has 0 atom stereocenters. The third kappa shape index (κ3) is 2.32. The second kappa shape index (κ2) is 5.22. The number of halogens is 1. The number of hydrogen-bond donors (Lipinski definition) is 1. The molecule has 1 aliphatic carbocycles. The number of hydrogen-bond acceptors (Lipinski definition) is 6. The average molecular weight is 351 g/mol. The first-order valence-corrected chi connectivity index (χ1v) is 8.10. The number of nitrogens with zero attached hydrogens (tertiary/aromatic N) is 6. The van der Waals surface area contributed by atoms with E-state index in [9.17, 15) is 5.11 Å². The summed E-state index contributed by atoms with van der Waals surface area (Å²) < 4.78 is 1.67. The second-order valence-electron chi connectivity index (χ2n) is 5.90. The van der Waals surface area contributed by atoms with Gasteiger partial charge in [0.2, 0.25) is 0 Å². The van der Waals surface area contributed by atoms with E-state index in [1.54, 1.807) is 22.7 Å². The monoisotopic (exact) mass is 350 g/mol. The molecule has 5 rings (SSSR count). The molecule has 0 unspecified atom stereocenters. The molecular weight excluding hydrogens is 340 g/mol. The summed E-state index contributed by atoms with van der Waals surface area (Å²) in [5.41, 5.74) is 4.38. The van der Waals surface area contributed by atoms with Gasteiger partial charge >= 0.3 is 0 Å². The van der Waals surface area contributed by atoms with Gasteiger partial charge < -0.3 is 5.11 Å². The average Bonchev–Trinajstić information content (AvgIpc) is 3.16. The molecular formula is C17H11ClN6O. The van der Waals surface area contributed by atoms with Crippen molar-refractivity contribution in [3.63, 3.8) is 0 Å². The minimum Gasteiger partial charge on any atom is -0.508 e. The molecule has 1 N–H and O–H groups in total. The first-order valence-electron chi connectivity index (χ1n) is 7.72.